The summed E-state index contributed by atoms with van der Waals surface area (Å²) in [6.45, 7) is 6.36. The van der Waals surface area contributed by atoms with Crippen LogP contribution in [0.2, 0.25) is 0 Å². The fourth-order valence-corrected chi connectivity index (χ4v) is 1.36. The Morgan fingerprint density at radius 3 is 2.53 bits per heavy atom. The van der Waals surface area contributed by atoms with Crippen LogP contribution in [0.5, 0.6) is 5.75 Å². The Bertz CT molecular complexity index is 364. The Kier molecular flexibility index (Phi) is 2.33. The molecule has 0 amide bonds. The van der Waals surface area contributed by atoms with Crippen LogP contribution < -0.4 is 10.5 Å². The van der Waals surface area contributed by atoms with Gasteiger partial charge >= 0.3 is 0 Å². The first-order valence-corrected chi connectivity index (χ1v) is 5.40. The van der Waals surface area contributed by atoms with E-state index >= 15 is 0 Å². The summed E-state index contributed by atoms with van der Waals surface area (Å²) in [4.78, 5) is 4.33. The lowest BCUT2D eigenvalue weighted by Gasteiger charge is -2.19. The van der Waals surface area contributed by atoms with Gasteiger partial charge in [0.2, 0.25) is 0 Å². The molecule has 15 heavy (non-hydrogen) atoms. The van der Waals surface area contributed by atoms with Crippen molar-refractivity contribution in [3.05, 3.63) is 17.8 Å². The van der Waals surface area contributed by atoms with E-state index in [1.165, 1.54) is 0 Å². The monoisotopic (exact) mass is 206 g/mol. The molecular weight excluding hydrogens is 188 g/mol. The number of ether oxygens (including phenoxy) is 1. The van der Waals surface area contributed by atoms with E-state index in [-0.39, 0.29) is 5.41 Å². The highest BCUT2D eigenvalue weighted by Crippen LogP contribution is 2.30. The summed E-state index contributed by atoms with van der Waals surface area (Å²) in [6, 6.07) is 3.79. The summed E-state index contributed by atoms with van der Waals surface area (Å²) >= 11 is 0. The first kappa shape index (κ1) is 10.3. The zero-order valence-corrected chi connectivity index (χ0v) is 9.58. The van der Waals surface area contributed by atoms with Gasteiger partial charge in [0.25, 0.3) is 0 Å². The highest BCUT2D eigenvalue weighted by molar-refractivity contribution is 5.40. The van der Waals surface area contributed by atoms with Crippen LogP contribution >= 0.6 is 0 Å². The fraction of sp³-hybridized carbons (Fsp3) is 0.583. The molecule has 3 heteroatoms. The largest absolute Gasteiger partial charge is 0.490 e. The van der Waals surface area contributed by atoms with Crippen molar-refractivity contribution < 1.29 is 4.74 Å². The number of pyridine rings is 1. The smallest absolute Gasteiger partial charge is 0.127 e. The van der Waals surface area contributed by atoms with E-state index in [0.29, 0.717) is 11.9 Å². The molecule has 1 heterocycles. The third-order valence-electron chi connectivity index (χ3n) is 2.41. The zero-order valence-electron chi connectivity index (χ0n) is 9.58. The van der Waals surface area contributed by atoms with E-state index in [0.717, 1.165) is 24.3 Å². The standard InChI is InChI=1S/C12H18N2O/c1-12(2,3)10-6-9(7-11(13)14-10)15-8-4-5-8/h6-8H,4-5H2,1-3H3,(H2,13,14). The van der Waals surface area contributed by atoms with Gasteiger partial charge in [-0.05, 0) is 12.8 Å². The molecule has 1 aliphatic carbocycles. The van der Waals surface area contributed by atoms with Crippen molar-refractivity contribution in [2.24, 2.45) is 0 Å². The highest BCUT2D eigenvalue weighted by Gasteiger charge is 2.24. The van der Waals surface area contributed by atoms with E-state index in [4.69, 9.17) is 10.5 Å². The molecule has 1 aliphatic rings. The molecule has 1 aromatic rings. The van der Waals surface area contributed by atoms with Gasteiger partial charge in [-0.15, -0.1) is 0 Å². The molecule has 0 aliphatic heterocycles. The normalized spacial score (nSPS) is 16.5. The van der Waals surface area contributed by atoms with Gasteiger partial charge in [-0.1, -0.05) is 20.8 Å². The number of hydrogen-bond acceptors (Lipinski definition) is 3. The van der Waals surface area contributed by atoms with E-state index in [2.05, 4.69) is 25.8 Å². The molecule has 1 saturated carbocycles. The second-order valence-corrected chi connectivity index (χ2v) is 5.18. The van der Waals surface area contributed by atoms with Crippen LogP contribution in [-0.4, -0.2) is 11.1 Å². The Hall–Kier alpha value is -1.25. The number of nitrogen functional groups attached to an aromatic ring is 1. The van der Waals surface area contributed by atoms with Crippen molar-refractivity contribution in [1.29, 1.82) is 0 Å². The number of hydrogen-bond donors (Lipinski definition) is 1. The second kappa shape index (κ2) is 3.40. The first-order chi connectivity index (χ1) is 6.95. The minimum Gasteiger partial charge on any atom is -0.490 e. The molecule has 0 spiro atoms. The van der Waals surface area contributed by atoms with E-state index in [9.17, 15) is 0 Å². The van der Waals surface area contributed by atoms with Gasteiger partial charge in [0, 0.05) is 17.5 Å². The predicted octanol–water partition coefficient (Wildman–Crippen LogP) is 2.50. The molecule has 2 N–H and O–H groups in total. The summed E-state index contributed by atoms with van der Waals surface area (Å²) in [6.07, 6.45) is 2.72. The lowest BCUT2D eigenvalue weighted by Crippen LogP contribution is -2.15. The van der Waals surface area contributed by atoms with Crippen molar-refractivity contribution in [3.8, 4) is 5.75 Å². The van der Waals surface area contributed by atoms with Crippen LogP contribution in [0.15, 0.2) is 12.1 Å². The Morgan fingerprint density at radius 2 is 2.00 bits per heavy atom. The molecule has 3 nitrogen and oxygen atoms in total. The molecule has 0 unspecified atom stereocenters. The van der Waals surface area contributed by atoms with Gasteiger partial charge in [0.15, 0.2) is 0 Å². The summed E-state index contributed by atoms with van der Waals surface area (Å²) < 4.78 is 5.72. The van der Waals surface area contributed by atoms with E-state index in [1.807, 2.05) is 6.07 Å². The van der Waals surface area contributed by atoms with Gasteiger partial charge < -0.3 is 10.5 Å². The minimum absolute atomic E-state index is 0.0110. The maximum absolute atomic E-state index is 5.76. The number of aromatic nitrogens is 1. The molecule has 0 radical (unpaired) electrons. The van der Waals surface area contributed by atoms with Gasteiger partial charge in [-0.3, -0.25) is 0 Å². The molecule has 0 bridgehead atoms. The Labute approximate surface area is 90.7 Å². The highest BCUT2D eigenvalue weighted by atomic mass is 16.5. The summed E-state index contributed by atoms with van der Waals surface area (Å²) in [7, 11) is 0. The van der Waals surface area contributed by atoms with Crippen LogP contribution in [0.25, 0.3) is 0 Å². The zero-order chi connectivity index (χ0) is 11.1. The lowest BCUT2D eigenvalue weighted by molar-refractivity contribution is 0.302. The molecule has 1 fully saturated rings. The van der Waals surface area contributed by atoms with E-state index in [1.54, 1.807) is 6.07 Å². The maximum Gasteiger partial charge on any atom is 0.127 e. The molecule has 0 atom stereocenters. The van der Waals surface area contributed by atoms with Crippen LogP contribution in [0.4, 0.5) is 5.82 Å². The van der Waals surface area contributed by atoms with Crippen molar-refractivity contribution in [1.82, 2.24) is 4.98 Å². The lowest BCUT2D eigenvalue weighted by atomic mass is 9.91. The van der Waals surface area contributed by atoms with Crippen LogP contribution in [0.1, 0.15) is 39.3 Å². The minimum atomic E-state index is 0.0110. The Morgan fingerprint density at radius 1 is 1.33 bits per heavy atom. The summed E-state index contributed by atoms with van der Waals surface area (Å²) in [5, 5.41) is 0. The predicted molar refractivity (Wildman–Crippen MR) is 61.0 cm³/mol. The van der Waals surface area contributed by atoms with Crippen molar-refractivity contribution in [3.63, 3.8) is 0 Å². The van der Waals surface area contributed by atoms with Gasteiger partial charge in [0.05, 0.1) is 11.8 Å². The average Bonchev–Trinajstić information content (AvgIpc) is 2.85. The molecule has 0 aromatic carbocycles. The van der Waals surface area contributed by atoms with Crippen LogP contribution in [-0.2, 0) is 5.41 Å². The van der Waals surface area contributed by atoms with Crippen molar-refractivity contribution in [2.45, 2.75) is 45.1 Å². The number of anilines is 1. The van der Waals surface area contributed by atoms with Crippen molar-refractivity contribution in [2.75, 3.05) is 5.73 Å². The molecule has 2 rings (SSSR count). The van der Waals surface area contributed by atoms with E-state index < -0.39 is 0 Å². The number of nitrogens with zero attached hydrogens (tertiary/aromatic N) is 1. The average molecular weight is 206 g/mol. The second-order valence-electron chi connectivity index (χ2n) is 5.18. The fourth-order valence-electron chi connectivity index (χ4n) is 1.36. The maximum atomic E-state index is 5.76. The Balaban J connectivity index is 2.27. The van der Waals surface area contributed by atoms with Crippen LogP contribution in [0.3, 0.4) is 0 Å². The molecule has 82 valence electrons. The number of nitrogens with two attached hydrogens (primary N) is 1. The summed E-state index contributed by atoms with van der Waals surface area (Å²) in [5.41, 5.74) is 6.76. The van der Waals surface area contributed by atoms with Gasteiger partial charge in [-0.2, -0.15) is 0 Å². The van der Waals surface area contributed by atoms with Gasteiger partial charge in [0.1, 0.15) is 11.6 Å². The molecular formula is C12H18N2O. The third-order valence-corrected chi connectivity index (χ3v) is 2.41. The molecule has 1 aromatic heterocycles. The SMILES string of the molecule is CC(C)(C)c1cc(OC2CC2)cc(N)n1. The summed E-state index contributed by atoms with van der Waals surface area (Å²) in [5.74, 6) is 1.40. The van der Waals surface area contributed by atoms with Crippen LogP contribution in [0, 0.1) is 0 Å². The quantitative estimate of drug-likeness (QED) is 0.808. The number of rotatable bonds is 2. The van der Waals surface area contributed by atoms with Crippen molar-refractivity contribution >= 4 is 5.82 Å². The third kappa shape index (κ3) is 2.61. The molecule has 0 saturated heterocycles. The topological polar surface area (TPSA) is 48.1 Å². The first-order valence-electron chi connectivity index (χ1n) is 5.40. The van der Waals surface area contributed by atoms with Gasteiger partial charge in [-0.25, -0.2) is 4.98 Å².